The molecule has 0 amide bonds. The molecule has 4 aromatic carbocycles. The Bertz CT molecular complexity index is 994. The molecule has 0 saturated heterocycles. The number of benzene rings is 4. The maximum atomic E-state index is 14.0. The molecule has 4 rings (SSSR count). The Labute approximate surface area is 147 Å². The molecule has 4 aromatic rings. The minimum Gasteiger partial charge on any atom is -0.436 e. The van der Waals surface area contributed by atoms with Crippen LogP contribution >= 0.6 is 7.37 Å². The Morgan fingerprint density at radius 2 is 1.08 bits per heavy atom. The van der Waals surface area contributed by atoms with Gasteiger partial charge in [0, 0.05) is 5.39 Å². The molecule has 0 fully saturated rings. The highest BCUT2D eigenvalue weighted by Gasteiger charge is 2.30. The average Bonchev–Trinajstić information content (AvgIpc) is 2.69. The first kappa shape index (κ1) is 15.7. The van der Waals surface area contributed by atoms with Gasteiger partial charge in [-0.2, -0.15) is 0 Å². The van der Waals surface area contributed by atoms with Crippen LogP contribution in [-0.4, -0.2) is 0 Å². The molecule has 0 radical (unpaired) electrons. The van der Waals surface area contributed by atoms with E-state index >= 15 is 0 Å². The van der Waals surface area contributed by atoms with Crippen LogP contribution in [0.4, 0.5) is 0 Å². The van der Waals surface area contributed by atoms with Crippen molar-refractivity contribution >= 4 is 28.8 Å². The van der Waals surface area contributed by atoms with E-state index in [0.29, 0.717) is 16.4 Å². The lowest BCUT2D eigenvalue weighted by molar-refractivity contribution is 0.505. The fraction of sp³-hybridized carbons (Fsp3) is 0. The summed E-state index contributed by atoms with van der Waals surface area (Å²) in [7, 11) is -3.25. The Kier molecular flexibility index (Phi) is 4.13. The van der Waals surface area contributed by atoms with Crippen LogP contribution in [0.1, 0.15) is 0 Å². The molecule has 122 valence electrons. The van der Waals surface area contributed by atoms with Crippen molar-refractivity contribution in [1.29, 1.82) is 0 Å². The summed E-state index contributed by atoms with van der Waals surface area (Å²) in [5, 5.41) is 3.40. The molecule has 0 aliphatic rings. The van der Waals surface area contributed by atoms with Crippen LogP contribution in [0, 0.1) is 0 Å². The molecule has 0 saturated carbocycles. The molecule has 0 aliphatic carbocycles. The zero-order valence-corrected chi connectivity index (χ0v) is 14.5. The number of fused-ring (bicyclic) bond motifs is 1. The summed E-state index contributed by atoms with van der Waals surface area (Å²) in [4.78, 5) is 0. The molecule has 2 nitrogen and oxygen atoms in total. The first-order valence-electron chi connectivity index (χ1n) is 8.16. The predicted octanol–water partition coefficient (Wildman–Crippen LogP) is 5.15. The molecule has 0 N–H and O–H groups in total. The van der Waals surface area contributed by atoms with Gasteiger partial charge in [0.2, 0.25) is 0 Å². The van der Waals surface area contributed by atoms with Gasteiger partial charge in [0.25, 0.3) is 0 Å². The van der Waals surface area contributed by atoms with Crippen molar-refractivity contribution in [3.05, 3.63) is 103 Å². The van der Waals surface area contributed by atoms with E-state index < -0.39 is 7.37 Å². The largest absolute Gasteiger partial charge is 0.436 e. The number of hydrogen-bond donors (Lipinski definition) is 0. The lowest BCUT2D eigenvalue weighted by atomic mass is 10.1. The first-order chi connectivity index (χ1) is 12.3. The van der Waals surface area contributed by atoms with Crippen LogP contribution < -0.4 is 15.1 Å². The van der Waals surface area contributed by atoms with Gasteiger partial charge >= 0.3 is 7.37 Å². The molecule has 0 aromatic heterocycles. The fourth-order valence-electron chi connectivity index (χ4n) is 2.92. The van der Waals surface area contributed by atoms with Crippen molar-refractivity contribution in [2.75, 3.05) is 0 Å². The van der Waals surface area contributed by atoms with E-state index in [0.717, 1.165) is 10.8 Å². The van der Waals surface area contributed by atoms with E-state index in [4.69, 9.17) is 4.52 Å². The number of hydrogen-bond acceptors (Lipinski definition) is 2. The molecule has 0 heterocycles. The van der Waals surface area contributed by atoms with Gasteiger partial charge < -0.3 is 4.52 Å². The second kappa shape index (κ2) is 6.58. The van der Waals surface area contributed by atoms with E-state index in [1.165, 1.54) is 0 Å². The van der Waals surface area contributed by atoms with E-state index in [1.54, 1.807) is 0 Å². The van der Waals surface area contributed by atoms with Crippen molar-refractivity contribution in [3.63, 3.8) is 0 Å². The molecule has 0 atom stereocenters. The highest BCUT2D eigenvalue weighted by molar-refractivity contribution is 7.74. The highest BCUT2D eigenvalue weighted by atomic mass is 31.2. The van der Waals surface area contributed by atoms with Gasteiger partial charge in [-0.25, -0.2) is 0 Å². The molecule has 0 spiro atoms. The second-order valence-electron chi connectivity index (χ2n) is 5.79. The van der Waals surface area contributed by atoms with Gasteiger partial charge in [-0.15, -0.1) is 0 Å². The zero-order chi connectivity index (χ0) is 17.1. The molecule has 0 unspecified atom stereocenters. The van der Waals surface area contributed by atoms with E-state index in [9.17, 15) is 4.57 Å². The summed E-state index contributed by atoms with van der Waals surface area (Å²) in [6.07, 6.45) is 0. The topological polar surface area (TPSA) is 26.3 Å². The SMILES string of the molecule is O=P(Oc1cccc2ccccc12)(c1ccccc1)c1ccccc1. The van der Waals surface area contributed by atoms with E-state index in [1.807, 2.05) is 103 Å². The monoisotopic (exact) mass is 344 g/mol. The Balaban J connectivity index is 1.89. The smallest absolute Gasteiger partial charge is 0.306 e. The molecule has 0 bridgehead atoms. The lowest BCUT2D eigenvalue weighted by Crippen LogP contribution is -2.20. The summed E-state index contributed by atoms with van der Waals surface area (Å²) in [5.74, 6) is 0.633. The van der Waals surface area contributed by atoms with Crippen LogP contribution in [0.2, 0.25) is 0 Å². The predicted molar refractivity (Wildman–Crippen MR) is 104 cm³/mol. The van der Waals surface area contributed by atoms with Crippen molar-refractivity contribution < 1.29 is 9.09 Å². The third kappa shape index (κ3) is 2.97. The maximum absolute atomic E-state index is 14.0. The normalized spacial score (nSPS) is 11.4. The molecule has 3 heteroatoms. The highest BCUT2D eigenvalue weighted by Crippen LogP contribution is 2.46. The van der Waals surface area contributed by atoms with Gasteiger partial charge in [0.1, 0.15) is 5.75 Å². The van der Waals surface area contributed by atoms with Crippen LogP contribution in [-0.2, 0) is 4.57 Å². The molecular weight excluding hydrogens is 327 g/mol. The summed E-state index contributed by atoms with van der Waals surface area (Å²) >= 11 is 0. The maximum Gasteiger partial charge on any atom is 0.306 e. The van der Waals surface area contributed by atoms with Gasteiger partial charge in [-0.1, -0.05) is 72.8 Å². The van der Waals surface area contributed by atoms with Crippen molar-refractivity contribution in [3.8, 4) is 5.75 Å². The third-order valence-corrected chi connectivity index (χ3v) is 6.58. The average molecular weight is 344 g/mol. The summed E-state index contributed by atoms with van der Waals surface area (Å²) < 4.78 is 20.3. The van der Waals surface area contributed by atoms with Gasteiger partial charge in [0.15, 0.2) is 0 Å². The summed E-state index contributed by atoms with van der Waals surface area (Å²) in [6.45, 7) is 0. The summed E-state index contributed by atoms with van der Waals surface area (Å²) in [5.41, 5.74) is 0. The summed E-state index contributed by atoms with van der Waals surface area (Å²) in [6, 6.07) is 32.6. The Morgan fingerprint density at radius 3 is 1.72 bits per heavy atom. The van der Waals surface area contributed by atoms with Crippen LogP contribution in [0.3, 0.4) is 0 Å². The van der Waals surface area contributed by atoms with Crippen LogP contribution in [0.15, 0.2) is 103 Å². The molecular formula is C22H17O2P. The minimum absolute atomic E-state index is 0.633. The van der Waals surface area contributed by atoms with Gasteiger partial charge in [0.05, 0.1) is 10.6 Å². The molecule has 0 aliphatic heterocycles. The first-order valence-corrected chi connectivity index (χ1v) is 9.78. The number of rotatable bonds is 4. The van der Waals surface area contributed by atoms with Crippen molar-refractivity contribution in [2.24, 2.45) is 0 Å². The van der Waals surface area contributed by atoms with Crippen LogP contribution in [0.25, 0.3) is 10.8 Å². The fourth-order valence-corrected chi connectivity index (χ4v) is 4.99. The van der Waals surface area contributed by atoms with Crippen molar-refractivity contribution in [1.82, 2.24) is 0 Å². The van der Waals surface area contributed by atoms with Crippen LogP contribution in [0.5, 0.6) is 5.75 Å². The zero-order valence-electron chi connectivity index (χ0n) is 13.6. The Hall–Kier alpha value is -2.83. The quantitative estimate of drug-likeness (QED) is 0.479. The van der Waals surface area contributed by atoms with E-state index in [2.05, 4.69) is 0 Å². The third-order valence-electron chi connectivity index (χ3n) is 4.17. The van der Waals surface area contributed by atoms with Gasteiger partial charge in [-0.05, 0) is 35.7 Å². The standard InChI is InChI=1S/C22H17O2P/c23-25(19-12-3-1-4-13-19,20-14-5-2-6-15-20)24-22-17-9-11-18-10-7-8-16-21(18)22/h1-17H. The van der Waals surface area contributed by atoms with Crippen molar-refractivity contribution in [2.45, 2.75) is 0 Å². The lowest BCUT2D eigenvalue weighted by Gasteiger charge is -2.21. The van der Waals surface area contributed by atoms with E-state index in [-0.39, 0.29) is 0 Å². The van der Waals surface area contributed by atoms with Gasteiger partial charge in [-0.3, -0.25) is 4.57 Å². The second-order valence-corrected chi connectivity index (χ2v) is 8.11. The Morgan fingerprint density at radius 1 is 0.560 bits per heavy atom. The minimum atomic E-state index is -3.25. The molecule has 25 heavy (non-hydrogen) atoms.